The summed E-state index contributed by atoms with van der Waals surface area (Å²) in [5, 5.41) is 0. The minimum Gasteiger partial charge on any atom is -0.100 e. The van der Waals surface area contributed by atoms with Crippen LogP contribution in [0.2, 0.25) is 0 Å². The van der Waals surface area contributed by atoms with Crippen LogP contribution < -0.4 is 0 Å². The molecule has 156 valence electrons. The molecule has 0 heteroatoms. The molecule has 0 saturated heterocycles. The van der Waals surface area contributed by atoms with E-state index in [0.717, 1.165) is 5.92 Å². The summed E-state index contributed by atoms with van der Waals surface area (Å²) >= 11 is 0. The van der Waals surface area contributed by atoms with E-state index in [4.69, 9.17) is 0 Å². The van der Waals surface area contributed by atoms with E-state index >= 15 is 0 Å². The van der Waals surface area contributed by atoms with Crippen molar-refractivity contribution in [1.29, 1.82) is 0 Å². The molecule has 0 aliphatic heterocycles. The van der Waals surface area contributed by atoms with Crippen LogP contribution in [0.25, 0.3) is 0 Å². The van der Waals surface area contributed by atoms with Crippen molar-refractivity contribution in [3.8, 4) is 0 Å². The van der Waals surface area contributed by atoms with Crippen molar-refractivity contribution in [2.24, 2.45) is 11.3 Å². The van der Waals surface area contributed by atoms with Gasteiger partial charge in [0.15, 0.2) is 0 Å². The van der Waals surface area contributed by atoms with Gasteiger partial charge in [-0.05, 0) is 95.8 Å². The maximum atomic E-state index is 4.51. The second-order valence-corrected chi connectivity index (χ2v) is 9.68. The Balaban J connectivity index is 2.54. The maximum absolute atomic E-state index is 4.51. The van der Waals surface area contributed by atoms with E-state index in [0.29, 0.717) is 5.41 Å². The summed E-state index contributed by atoms with van der Waals surface area (Å²) in [6.45, 7) is 19.5. The Hall–Kier alpha value is -0.780. The second-order valence-electron chi connectivity index (χ2n) is 9.68. The van der Waals surface area contributed by atoms with E-state index in [9.17, 15) is 0 Å². The first kappa shape index (κ1) is 24.3. The molecule has 0 aromatic heterocycles. The van der Waals surface area contributed by atoms with Crippen LogP contribution in [0.4, 0.5) is 0 Å². The molecule has 0 amide bonds. The van der Waals surface area contributed by atoms with Crippen molar-refractivity contribution in [2.75, 3.05) is 0 Å². The predicted octanol–water partition coefficient (Wildman–Crippen LogP) is 9.57. The summed E-state index contributed by atoms with van der Waals surface area (Å²) in [6, 6.07) is 0. The Morgan fingerprint density at radius 3 is 1.59 bits per heavy atom. The first-order valence-electron chi connectivity index (χ1n) is 11.8. The molecule has 1 aliphatic carbocycles. The molecule has 0 aromatic carbocycles. The van der Waals surface area contributed by atoms with Crippen LogP contribution in [-0.2, 0) is 0 Å². The molecule has 0 aromatic rings. The highest BCUT2D eigenvalue weighted by molar-refractivity contribution is 5.01. The summed E-state index contributed by atoms with van der Waals surface area (Å²) in [4.78, 5) is 0. The minimum absolute atomic E-state index is 0.522. The Morgan fingerprint density at radius 2 is 1.19 bits per heavy atom. The second kappa shape index (κ2) is 13.4. The number of allylic oxidation sites excluding steroid dienone is 3. The monoisotopic (exact) mass is 372 g/mol. The van der Waals surface area contributed by atoms with Gasteiger partial charge in [0.05, 0.1) is 0 Å². The van der Waals surface area contributed by atoms with Crippen LogP contribution in [0.1, 0.15) is 124 Å². The first-order chi connectivity index (χ1) is 12.9. The Bertz CT molecular complexity index is 425. The Labute approximate surface area is 171 Å². The highest BCUT2D eigenvalue weighted by Crippen LogP contribution is 2.41. The average Bonchev–Trinajstić information content (AvgIpc) is 2.90. The summed E-state index contributed by atoms with van der Waals surface area (Å²) in [7, 11) is 0. The van der Waals surface area contributed by atoms with E-state index in [1.165, 1.54) is 114 Å². The molecule has 0 spiro atoms. The standard InChI is InChI=1S/C27H48/c1-7-27(20-12-15-23(2)3,21-13-16-24(4)5)22-14-17-25(6)26-18-10-8-9-11-19-26/h26H,2,4,6-22H2,1,3,5H3. The van der Waals surface area contributed by atoms with E-state index in [2.05, 4.69) is 40.5 Å². The van der Waals surface area contributed by atoms with E-state index < -0.39 is 0 Å². The molecule has 1 saturated carbocycles. The molecular formula is C27H48. The van der Waals surface area contributed by atoms with Gasteiger partial charge in [-0.15, -0.1) is 13.2 Å². The van der Waals surface area contributed by atoms with Crippen LogP contribution in [0.3, 0.4) is 0 Å². The van der Waals surface area contributed by atoms with Gasteiger partial charge < -0.3 is 0 Å². The molecule has 1 rings (SSSR count). The molecule has 0 radical (unpaired) electrons. The van der Waals surface area contributed by atoms with Crippen molar-refractivity contribution in [2.45, 2.75) is 124 Å². The molecule has 0 N–H and O–H groups in total. The van der Waals surface area contributed by atoms with Crippen molar-refractivity contribution in [3.05, 3.63) is 36.5 Å². The molecular weight excluding hydrogens is 324 g/mol. The summed E-state index contributed by atoms with van der Waals surface area (Å²) in [6.07, 6.45) is 21.5. The maximum Gasteiger partial charge on any atom is -0.0206 e. The van der Waals surface area contributed by atoms with E-state index in [-0.39, 0.29) is 0 Å². The number of hydrogen-bond acceptors (Lipinski definition) is 0. The molecule has 0 heterocycles. The summed E-state index contributed by atoms with van der Waals surface area (Å²) in [5.74, 6) is 0.815. The zero-order valence-electron chi connectivity index (χ0n) is 19.0. The Morgan fingerprint density at radius 1 is 0.741 bits per heavy atom. The van der Waals surface area contributed by atoms with Crippen molar-refractivity contribution < 1.29 is 0 Å². The van der Waals surface area contributed by atoms with Gasteiger partial charge in [0, 0.05) is 0 Å². The zero-order chi connectivity index (χ0) is 20.1. The van der Waals surface area contributed by atoms with Gasteiger partial charge in [-0.3, -0.25) is 0 Å². The zero-order valence-corrected chi connectivity index (χ0v) is 19.0. The van der Waals surface area contributed by atoms with Gasteiger partial charge in [0.25, 0.3) is 0 Å². The number of rotatable bonds is 14. The minimum atomic E-state index is 0.522. The molecule has 0 atom stereocenters. The highest BCUT2D eigenvalue weighted by atomic mass is 14.3. The molecule has 1 fully saturated rings. The van der Waals surface area contributed by atoms with Gasteiger partial charge in [0.2, 0.25) is 0 Å². The lowest BCUT2D eigenvalue weighted by molar-refractivity contribution is 0.192. The lowest BCUT2D eigenvalue weighted by Crippen LogP contribution is -2.20. The molecule has 27 heavy (non-hydrogen) atoms. The van der Waals surface area contributed by atoms with Crippen LogP contribution in [0.5, 0.6) is 0 Å². The smallest absolute Gasteiger partial charge is 0.0206 e. The quantitative estimate of drug-likeness (QED) is 0.210. The normalized spacial score (nSPS) is 16.1. The van der Waals surface area contributed by atoms with Gasteiger partial charge in [-0.1, -0.05) is 62.3 Å². The molecule has 0 bridgehead atoms. The van der Waals surface area contributed by atoms with Crippen molar-refractivity contribution in [3.63, 3.8) is 0 Å². The van der Waals surface area contributed by atoms with Crippen LogP contribution in [0.15, 0.2) is 36.5 Å². The predicted molar refractivity (Wildman–Crippen MR) is 124 cm³/mol. The third-order valence-corrected chi connectivity index (χ3v) is 7.01. The fourth-order valence-electron chi connectivity index (χ4n) is 5.02. The van der Waals surface area contributed by atoms with Crippen LogP contribution >= 0.6 is 0 Å². The highest BCUT2D eigenvalue weighted by Gasteiger charge is 2.27. The van der Waals surface area contributed by atoms with E-state index in [1.54, 1.807) is 5.57 Å². The summed E-state index contributed by atoms with van der Waals surface area (Å²) in [5.41, 5.74) is 4.76. The number of hydrogen-bond donors (Lipinski definition) is 0. The van der Waals surface area contributed by atoms with Crippen LogP contribution in [0, 0.1) is 11.3 Å². The molecule has 0 nitrogen and oxygen atoms in total. The fourth-order valence-corrected chi connectivity index (χ4v) is 5.02. The fraction of sp³-hybridized carbons (Fsp3) is 0.778. The largest absolute Gasteiger partial charge is 0.100 e. The lowest BCUT2D eigenvalue weighted by atomic mass is 9.71. The van der Waals surface area contributed by atoms with Crippen molar-refractivity contribution >= 4 is 0 Å². The third-order valence-electron chi connectivity index (χ3n) is 7.01. The average molecular weight is 373 g/mol. The Kier molecular flexibility index (Phi) is 12.0. The third kappa shape index (κ3) is 10.4. The molecule has 1 aliphatic rings. The van der Waals surface area contributed by atoms with E-state index in [1.807, 2.05) is 0 Å². The lowest BCUT2D eigenvalue weighted by Gasteiger charge is -2.34. The van der Waals surface area contributed by atoms with Gasteiger partial charge in [-0.25, -0.2) is 0 Å². The van der Waals surface area contributed by atoms with Crippen molar-refractivity contribution in [1.82, 2.24) is 0 Å². The first-order valence-corrected chi connectivity index (χ1v) is 11.8. The topological polar surface area (TPSA) is 0 Å². The van der Waals surface area contributed by atoms with Crippen LogP contribution in [-0.4, -0.2) is 0 Å². The van der Waals surface area contributed by atoms with Gasteiger partial charge in [-0.2, -0.15) is 0 Å². The van der Waals surface area contributed by atoms with Gasteiger partial charge >= 0.3 is 0 Å². The SMILES string of the molecule is C=C(C)CCCC(CC)(CCCC(=C)C)CCCC(=C)C1CCCCCC1. The molecule has 0 unspecified atom stereocenters. The summed E-state index contributed by atoms with van der Waals surface area (Å²) < 4.78 is 0. The van der Waals surface area contributed by atoms with Gasteiger partial charge in [0.1, 0.15) is 0 Å².